The monoisotopic (exact) mass is 281 g/mol. The molecule has 3 rings (SSSR count). The van der Waals surface area contributed by atoms with Gasteiger partial charge in [0.15, 0.2) is 5.78 Å². The molecule has 0 unspecified atom stereocenters. The summed E-state index contributed by atoms with van der Waals surface area (Å²) < 4.78 is 16.0. The zero-order chi connectivity index (χ0) is 15.0. The quantitative estimate of drug-likeness (QED) is 0.655. The number of Topliss-reactive ketones (excluding diaryl/α,β-unsaturated/α-hetero) is 1. The second-order valence-corrected chi connectivity index (χ2v) is 5.35. The summed E-state index contributed by atoms with van der Waals surface area (Å²) >= 11 is 0. The number of benzene rings is 2. The van der Waals surface area contributed by atoms with Gasteiger partial charge in [-0.05, 0) is 25.5 Å². The summed E-state index contributed by atoms with van der Waals surface area (Å²) in [6, 6.07) is 13.0. The van der Waals surface area contributed by atoms with E-state index in [1.165, 1.54) is 18.6 Å². The summed E-state index contributed by atoms with van der Waals surface area (Å²) in [5, 5.41) is 0.676. The number of fused-ring (bicyclic) bond motifs is 1. The number of halogens is 1. The Balaban J connectivity index is 2.13. The summed E-state index contributed by atoms with van der Waals surface area (Å²) in [6.45, 7) is 4.09. The molecular formula is C18H16FNO. The third-order valence-electron chi connectivity index (χ3n) is 3.70. The van der Waals surface area contributed by atoms with Crippen molar-refractivity contribution >= 4 is 16.7 Å². The van der Waals surface area contributed by atoms with Crippen molar-refractivity contribution in [2.45, 2.75) is 20.4 Å². The first kappa shape index (κ1) is 13.6. The molecule has 1 aromatic heterocycles. The maximum Gasteiger partial charge on any atom is 0.161 e. The third kappa shape index (κ3) is 2.47. The van der Waals surface area contributed by atoms with Crippen molar-refractivity contribution in [1.29, 1.82) is 0 Å². The normalized spacial score (nSPS) is 11.0. The molecule has 0 fully saturated rings. The standard InChI is InChI=1S/C18H16FNO/c1-12-6-8-14(9-7-12)10-20-11-16(13(2)21)15-4-3-5-17(19)18(15)20/h3-9,11H,10H2,1-2H3. The molecule has 2 aromatic carbocycles. The molecule has 0 aliphatic carbocycles. The maximum absolute atomic E-state index is 14.2. The lowest BCUT2D eigenvalue weighted by atomic mass is 10.1. The van der Waals surface area contributed by atoms with E-state index in [4.69, 9.17) is 0 Å². The van der Waals surface area contributed by atoms with E-state index < -0.39 is 0 Å². The summed E-state index contributed by atoms with van der Waals surface area (Å²) in [7, 11) is 0. The number of nitrogens with zero attached hydrogens (tertiary/aromatic N) is 1. The Bertz CT molecular complexity index is 815. The van der Waals surface area contributed by atoms with Gasteiger partial charge in [-0.1, -0.05) is 42.0 Å². The fourth-order valence-corrected chi connectivity index (χ4v) is 2.61. The maximum atomic E-state index is 14.2. The van der Waals surface area contributed by atoms with Crippen LogP contribution in [0.3, 0.4) is 0 Å². The Hall–Kier alpha value is -2.42. The Kier molecular flexibility index (Phi) is 3.34. The largest absolute Gasteiger partial charge is 0.340 e. The minimum atomic E-state index is -0.299. The SMILES string of the molecule is CC(=O)c1cn(Cc2ccc(C)cc2)c2c(F)cccc12. The summed E-state index contributed by atoms with van der Waals surface area (Å²) in [4.78, 5) is 11.7. The predicted octanol–water partition coefficient (Wildman–Crippen LogP) is 4.34. The molecule has 0 N–H and O–H groups in total. The minimum Gasteiger partial charge on any atom is -0.340 e. The van der Waals surface area contributed by atoms with Crippen molar-refractivity contribution in [3.63, 3.8) is 0 Å². The summed E-state index contributed by atoms with van der Waals surface area (Å²) in [6.07, 6.45) is 1.75. The second kappa shape index (κ2) is 5.17. The van der Waals surface area contributed by atoms with Crippen molar-refractivity contribution in [1.82, 2.24) is 4.57 Å². The van der Waals surface area contributed by atoms with E-state index in [0.29, 0.717) is 23.0 Å². The highest BCUT2D eigenvalue weighted by Gasteiger charge is 2.15. The topological polar surface area (TPSA) is 22.0 Å². The van der Waals surface area contributed by atoms with Crippen LogP contribution in [0.15, 0.2) is 48.7 Å². The zero-order valence-corrected chi connectivity index (χ0v) is 12.1. The highest BCUT2D eigenvalue weighted by atomic mass is 19.1. The first-order chi connectivity index (χ1) is 10.1. The van der Waals surface area contributed by atoms with Gasteiger partial charge in [-0.15, -0.1) is 0 Å². The lowest BCUT2D eigenvalue weighted by Crippen LogP contribution is -1.99. The van der Waals surface area contributed by atoms with E-state index in [0.717, 1.165) is 5.56 Å². The van der Waals surface area contributed by atoms with Crippen LogP contribution < -0.4 is 0 Å². The van der Waals surface area contributed by atoms with Crippen LogP contribution in [-0.2, 0) is 6.54 Å². The van der Waals surface area contributed by atoms with E-state index in [1.807, 2.05) is 35.8 Å². The van der Waals surface area contributed by atoms with Crippen LogP contribution in [0.1, 0.15) is 28.4 Å². The van der Waals surface area contributed by atoms with E-state index >= 15 is 0 Å². The van der Waals surface area contributed by atoms with Crippen LogP contribution in [0.25, 0.3) is 10.9 Å². The fraction of sp³-hybridized carbons (Fsp3) is 0.167. The summed E-state index contributed by atoms with van der Waals surface area (Å²) in [5.41, 5.74) is 3.32. The van der Waals surface area contributed by atoms with Crippen LogP contribution in [-0.4, -0.2) is 10.4 Å². The molecule has 3 aromatic rings. The van der Waals surface area contributed by atoms with E-state index in [-0.39, 0.29) is 11.6 Å². The number of aromatic nitrogens is 1. The lowest BCUT2D eigenvalue weighted by molar-refractivity contribution is 0.101. The highest BCUT2D eigenvalue weighted by Crippen LogP contribution is 2.25. The average Bonchev–Trinajstić information content (AvgIpc) is 2.82. The number of hydrogen-bond acceptors (Lipinski definition) is 1. The average molecular weight is 281 g/mol. The zero-order valence-electron chi connectivity index (χ0n) is 12.1. The molecule has 0 aliphatic heterocycles. The lowest BCUT2D eigenvalue weighted by Gasteiger charge is -2.06. The van der Waals surface area contributed by atoms with Crippen LogP contribution >= 0.6 is 0 Å². The van der Waals surface area contributed by atoms with Gasteiger partial charge in [-0.2, -0.15) is 0 Å². The predicted molar refractivity (Wildman–Crippen MR) is 82.2 cm³/mol. The van der Waals surface area contributed by atoms with Crippen molar-refractivity contribution < 1.29 is 9.18 Å². The molecule has 0 atom stereocenters. The number of aryl methyl sites for hydroxylation is 1. The van der Waals surface area contributed by atoms with Gasteiger partial charge in [0.05, 0.1) is 5.52 Å². The van der Waals surface area contributed by atoms with Gasteiger partial charge in [0, 0.05) is 23.7 Å². The van der Waals surface area contributed by atoms with Crippen LogP contribution in [0, 0.1) is 12.7 Å². The molecule has 0 radical (unpaired) electrons. The van der Waals surface area contributed by atoms with E-state index in [2.05, 4.69) is 0 Å². The van der Waals surface area contributed by atoms with Crippen molar-refractivity contribution in [2.24, 2.45) is 0 Å². The number of para-hydroxylation sites is 1. The van der Waals surface area contributed by atoms with Crippen molar-refractivity contribution in [2.75, 3.05) is 0 Å². The number of hydrogen-bond donors (Lipinski definition) is 0. The Labute approximate surface area is 122 Å². The Morgan fingerprint density at radius 2 is 1.86 bits per heavy atom. The van der Waals surface area contributed by atoms with Gasteiger partial charge in [-0.25, -0.2) is 4.39 Å². The second-order valence-electron chi connectivity index (χ2n) is 5.35. The Morgan fingerprint density at radius 1 is 1.14 bits per heavy atom. The van der Waals surface area contributed by atoms with Gasteiger partial charge < -0.3 is 4.57 Å². The number of rotatable bonds is 3. The number of carbonyl (C=O) groups is 1. The molecule has 0 bridgehead atoms. The molecule has 1 heterocycles. The van der Waals surface area contributed by atoms with Gasteiger partial charge >= 0.3 is 0 Å². The van der Waals surface area contributed by atoms with Crippen LogP contribution in [0.2, 0.25) is 0 Å². The van der Waals surface area contributed by atoms with Gasteiger partial charge in [0.25, 0.3) is 0 Å². The molecular weight excluding hydrogens is 265 g/mol. The molecule has 3 heteroatoms. The smallest absolute Gasteiger partial charge is 0.161 e. The summed E-state index contributed by atoms with van der Waals surface area (Å²) in [5.74, 6) is -0.347. The molecule has 0 amide bonds. The fourth-order valence-electron chi connectivity index (χ4n) is 2.61. The van der Waals surface area contributed by atoms with Gasteiger partial charge in [0.2, 0.25) is 0 Å². The molecule has 0 aliphatic rings. The number of ketones is 1. The molecule has 0 saturated heterocycles. The molecule has 0 spiro atoms. The third-order valence-corrected chi connectivity index (χ3v) is 3.70. The van der Waals surface area contributed by atoms with Gasteiger partial charge in [0.1, 0.15) is 5.82 Å². The molecule has 0 saturated carbocycles. The molecule has 106 valence electrons. The highest BCUT2D eigenvalue weighted by molar-refractivity contribution is 6.07. The van der Waals surface area contributed by atoms with Crippen LogP contribution in [0.5, 0.6) is 0 Å². The van der Waals surface area contributed by atoms with Crippen molar-refractivity contribution in [3.8, 4) is 0 Å². The molecule has 21 heavy (non-hydrogen) atoms. The van der Waals surface area contributed by atoms with Crippen LogP contribution in [0.4, 0.5) is 4.39 Å². The van der Waals surface area contributed by atoms with E-state index in [9.17, 15) is 9.18 Å². The van der Waals surface area contributed by atoms with E-state index in [1.54, 1.807) is 18.3 Å². The number of carbonyl (C=O) groups excluding carboxylic acids is 1. The van der Waals surface area contributed by atoms with Crippen molar-refractivity contribution in [3.05, 3.63) is 71.2 Å². The first-order valence-electron chi connectivity index (χ1n) is 6.90. The Morgan fingerprint density at radius 3 is 2.52 bits per heavy atom. The first-order valence-corrected chi connectivity index (χ1v) is 6.90. The molecule has 2 nitrogen and oxygen atoms in total. The van der Waals surface area contributed by atoms with Gasteiger partial charge in [-0.3, -0.25) is 4.79 Å². The minimum absolute atomic E-state index is 0.0479.